The van der Waals surface area contributed by atoms with Crippen molar-refractivity contribution < 1.29 is 29.4 Å². The minimum atomic E-state index is -1.14. The second kappa shape index (κ2) is 12.1. The SMILES string of the molecule is O=C(O)CN1C(=O)C(NC(=O)C2(CC(CCc3cccc4ccccc34)C(=O)O)CCCC2)CCc2ccccc21. The summed E-state index contributed by atoms with van der Waals surface area (Å²) < 4.78 is 0. The van der Waals surface area contributed by atoms with Crippen LogP contribution in [-0.2, 0) is 32.0 Å². The average Bonchev–Trinajstić information content (AvgIpc) is 3.41. The van der Waals surface area contributed by atoms with Crippen molar-refractivity contribution in [2.45, 2.75) is 63.8 Å². The molecule has 1 heterocycles. The van der Waals surface area contributed by atoms with Crippen LogP contribution in [0.1, 0.15) is 56.1 Å². The second-order valence-corrected chi connectivity index (χ2v) is 11.4. The van der Waals surface area contributed by atoms with Crippen LogP contribution in [0.3, 0.4) is 0 Å². The van der Waals surface area contributed by atoms with Crippen LogP contribution in [0.15, 0.2) is 66.7 Å². The lowest BCUT2D eigenvalue weighted by Gasteiger charge is -2.33. The van der Waals surface area contributed by atoms with Crippen molar-refractivity contribution in [2.24, 2.45) is 11.3 Å². The van der Waals surface area contributed by atoms with Crippen LogP contribution in [0, 0.1) is 11.3 Å². The van der Waals surface area contributed by atoms with Gasteiger partial charge >= 0.3 is 11.9 Å². The summed E-state index contributed by atoms with van der Waals surface area (Å²) in [5.74, 6) is -3.52. The van der Waals surface area contributed by atoms with Crippen LogP contribution in [-0.4, -0.2) is 46.6 Å². The molecule has 2 unspecified atom stereocenters. The first-order valence-corrected chi connectivity index (χ1v) is 14.4. The highest BCUT2D eigenvalue weighted by molar-refractivity contribution is 6.03. The number of carbonyl (C=O) groups excluding carboxylic acids is 2. The first-order chi connectivity index (χ1) is 19.8. The molecule has 1 fully saturated rings. The zero-order valence-corrected chi connectivity index (χ0v) is 23.1. The van der Waals surface area contributed by atoms with E-state index >= 15 is 0 Å². The minimum Gasteiger partial charge on any atom is -0.481 e. The predicted octanol–water partition coefficient (Wildman–Crippen LogP) is 4.97. The first kappa shape index (κ1) is 28.3. The summed E-state index contributed by atoms with van der Waals surface area (Å²) in [6, 6.07) is 20.4. The number of hydrogen-bond acceptors (Lipinski definition) is 4. The number of aliphatic carboxylic acids is 2. The molecular formula is C33H36N2O6. The van der Waals surface area contributed by atoms with E-state index in [4.69, 9.17) is 0 Å². The summed E-state index contributed by atoms with van der Waals surface area (Å²) in [6.07, 6.45) is 4.82. The number of benzene rings is 3. The van der Waals surface area contributed by atoms with Gasteiger partial charge in [-0.2, -0.15) is 0 Å². The number of carboxylic acid groups (broad SMARTS) is 2. The summed E-state index contributed by atoms with van der Waals surface area (Å²) in [6.45, 7) is -0.497. The number of anilines is 1. The fraction of sp³-hybridized carbons (Fsp3) is 0.394. The molecule has 2 aliphatic rings. The van der Waals surface area contributed by atoms with Crippen molar-refractivity contribution in [3.05, 3.63) is 77.9 Å². The Morgan fingerprint density at radius 2 is 1.66 bits per heavy atom. The van der Waals surface area contributed by atoms with Crippen LogP contribution >= 0.6 is 0 Å². The van der Waals surface area contributed by atoms with Crippen LogP contribution in [0.2, 0.25) is 0 Å². The Morgan fingerprint density at radius 1 is 0.951 bits per heavy atom. The van der Waals surface area contributed by atoms with E-state index in [1.807, 2.05) is 54.6 Å². The van der Waals surface area contributed by atoms with E-state index < -0.39 is 41.8 Å². The number of amides is 2. The third kappa shape index (κ3) is 6.11. The molecule has 5 rings (SSSR count). The molecule has 0 saturated heterocycles. The maximum absolute atomic E-state index is 13.9. The zero-order chi connectivity index (χ0) is 29.0. The lowest BCUT2D eigenvalue weighted by molar-refractivity contribution is -0.145. The van der Waals surface area contributed by atoms with Gasteiger partial charge in [-0.25, -0.2) is 0 Å². The van der Waals surface area contributed by atoms with Crippen molar-refractivity contribution in [3.8, 4) is 0 Å². The molecule has 3 N–H and O–H groups in total. The Bertz CT molecular complexity index is 1460. The Balaban J connectivity index is 1.33. The van der Waals surface area contributed by atoms with Gasteiger partial charge in [-0.05, 0) is 72.9 Å². The molecule has 1 aliphatic heterocycles. The first-order valence-electron chi connectivity index (χ1n) is 14.4. The number of carbonyl (C=O) groups is 4. The molecule has 0 spiro atoms. The van der Waals surface area contributed by atoms with Crippen LogP contribution in [0.5, 0.6) is 0 Å². The molecule has 0 radical (unpaired) electrons. The third-order valence-corrected chi connectivity index (χ3v) is 8.82. The van der Waals surface area contributed by atoms with E-state index in [1.165, 1.54) is 4.90 Å². The molecule has 3 aromatic rings. The second-order valence-electron chi connectivity index (χ2n) is 11.4. The molecule has 0 bridgehead atoms. The number of hydrogen-bond donors (Lipinski definition) is 3. The summed E-state index contributed by atoms with van der Waals surface area (Å²) >= 11 is 0. The van der Waals surface area contributed by atoms with Crippen LogP contribution in [0.4, 0.5) is 5.69 Å². The molecule has 2 amide bonds. The van der Waals surface area contributed by atoms with Crippen molar-refractivity contribution in [3.63, 3.8) is 0 Å². The summed E-state index contributed by atoms with van der Waals surface area (Å²) in [5, 5.41) is 24.8. The molecule has 8 nitrogen and oxygen atoms in total. The molecule has 41 heavy (non-hydrogen) atoms. The van der Waals surface area contributed by atoms with E-state index in [-0.39, 0.29) is 12.3 Å². The fourth-order valence-electron chi connectivity index (χ4n) is 6.66. The molecule has 8 heteroatoms. The molecule has 1 aliphatic carbocycles. The Morgan fingerprint density at radius 3 is 2.41 bits per heavy atom. The normalized spacial score (nSPS) is 18.9. The van der Waals surface area contributed by atoms with Gasteiger partial charge in [0.05, 0.1) is 11.3 Å². The number of rotatable bonds is 10. The Labute approximate surface area is 239 Å². The van der Waals surface area contributed by atoms with Gasteiger partial charge in [-0.3, -0.25) is 24.1 Å². The van der Waals surface area contributed by atoms with Gasteiger partial charge in [-0.1, -0.05) is 73.5 Å². The van der Waals surface area contributed by atoms with Crippen molar-refractivity contribution in [1.82, 2.24) is 5.32 Å². The molecular weight excluding hydrogens is 520 g/mol. The van der Waals surface area contributed by atoms with Gasteiger partial charge in [0.1, 0.15) is 12.6 Å². The lowest BCUT2D eigenvalue weighted by Crippen LogP contribution is -2.53. The van der Waals surface area contributed by atoms with E-state index in [0.29, 0.717) is 44.2 Å². The van der Waals surface area contributed by atoms with Gasteiger partial charge in [-0.15, -0.1) is 0 Å². The van der Waals surface area contributed by atoms with E-state index in [2.05, 4.69) is 5.32 Å². The van der Waals surface area contributed by atoms with Gasteiger partial charge < -0.3 is 15.5 Å². The van der Waals surface area contributed by atoms with E-state index in [9.17, 15) is 29.4 Å². The number of carboxylic acids is 2. The summed E-state index contributed by atoms with van der Waals surface area (Å²) in [7, 11) is 0. The van der Waals surface area contributed by atoms with Crippen LogP contribution < -0.4 is 10.2 Å². The molecule has 214 valence electrons. The van der Waals surface area contributed by atoms with Gasteiger partial charge in [0.25, 0.3) is 0 Å². The molecule has 1 saturated carbocycles. The molecule has 2 atom stereocenters. The fourth-order valence-corrected chi connectivity index (χ4v) is 6.66. The number of aryl methyl sites for hydroxylation is 2. The highest BCUT2D eigenvalue weighted by Gasteiger charge is 2.45. The maximum atomic E-state index is 13.9. The van der Waals surface area contributed by atoms with Crippen molar-refractivity contribution in [1.29, 1.82) is 0 Å². The lowest BCUT2D eigenvalue weighted by atomic mass is 9.75. The van der Waals surface area contributed by atoms with Crippen LogP contribution in [0.25, 0.3) is 10.8 Å². The van der Waals surface area contributed by atoms with E-state index in [0.717, 1.165) is 34.7 Å². The number of para-hydroxylation sites is 1. The standard InChI is InChI=1S/C33H36N2O6/c36-29(37)21-35-28-13-4-2-9-24(28)16-17-27(30(35)38)34-32(41)33(18-5-6-19-33)20-25(31(39)40)15-14-23-11-7-10-22-8-1-3-12-26(22)23/h1-4,7-13,25,27H,5-6,14-21H2,(H,34,41)(H,36,37)(H,39,40). The highest BCUT2D eigenvalue weighted by atomic mass is 16.4. The minimum absolute atomic E-state index is 0.207. The third-order valence-electron chi connectivity index (χ3n) is 8.82. The average molecular weight is 557 g/mol. The number of nitrogens with zero attached hydrogens (tertiary/aromatic N) is 1. The van der Waals surface area contributed by atoms with Crippen molar-refractivity contribution in [2.75, 3.05) is 11.4 Å². The molecule has 3 aromatic carbocycles. The monoisotopic (exact) mass is 556 g/mol. The van der Waals surface area contributed by atoms with Gasteiger partial charge in [0, 0.05) is 5.69 Å². The van der Waals surface area contributed by atoms with Gasteiger partial charge in [0.2, 0.25) is 11.8 Å². The number of nitrogens with one attached hydrogen (secondary N) is 1. The maximum Gasteiger partial charge on any atom is 0.323 e. The molecule has 0 aromatic heterocycles. The number of fused-ring (bicyclic) bond motifs is 2. The smallest absolute Gasteiger partial charge is 0.323 e. The Hall–Kier alpha value is -4.20. The highest BCUT2D eigenvalue weighted by Crippen LogP contribution is 2.45. The Kier molecular flexibility index (Phi) is 8.38. The summed E-state index contributed by atoms with van der Waals surface area (Å²) in [4.78, 5) is 52.8. The van der Waals surface area contributed by atoms with Gasteiger partial charge in [0.15, 0.2) is 0 Å². The van der Waals surface area contributed by atoms with Crippen molar-refractivity contribution >= 4 is 40.2 Å². The van der Waals surface area contributed by atoms with E-state index in [1.54, 1.807) is 12.1 Å². The summed E-state index contributed by atoms with van der Waals surface area (Å²) in [5.41, 5.74) is 1.61. The largest absolute Gasteiger partial charge is 0.481 e. The zero-order valence-electron chi connectivity index (χ0n) is 23.1. The topological polar surface area (TPSA) is 124 Å². The predicted molar refractivity (Wildman–Crippen MR) is 156 cm³/mol. The quantitative estimate of drug-likeness (QED) is 0.324.